The first-order valence-electron chi connectivity index (χ1n) is 6.02. The van der Waals surface area contributed by atoms with E-state index in [1.54, 1.807) is 6.92 Å². The molecular weight excluding hydrogens is 258 g/mol. The quantitative estimate of drug-likeness (QED) is 0.785. The molecule has 3 rings (SSSR count). The molecule has 1 atom stereocenters. The minimum Gasteiger partial charge on any atom is -0.362 e. The zero-order valence-electron chi connectivity index (χ0n) is 10.8. The van der Waals surface area contributed by atoms with Gasteiger partial charge in [0.15, 0.2) is 0 Å². The number of amidine groups is 1. The van der Waals surface area contributed by atoms with Crippen LogP contribution in [0.1, 0.15) is 23.6 Å². The molecule has 3 N–H and O–H groups in total. The zero-order chi connectivity index (χ0) is 13.6. The Morgan fingerprint density at radius 2 is 1.95 bits per heavy atom. The van der Waals surface area contributed by atoms with E-state index in [9.17, 15) is 5.11 Å². The smallest absolute Gasteiger partial charge is 0.208 e. The normalized spacial score (nSPS) is 22.1. The van der Waals surface area contributed by atoms with Gasteiger partial charge in [0.25, 0.3) is 0 Å². The summed E-state index contributed by atoms with van der Waals surface area (Å²) in [6, 6.07) is 9.45. The number of benzene rings is 1. The van der Waals surface area contributed by atoms with Gasteiger partial charge >= 0.3 is 0 Å². The van der Waals surface area contributed by atoms with Gasteiger partial charge in [-0.3, -0.25) is 5.01 Å². The highest BCUT2D eigenvalue weighted by molar-refractivity contribution is 7.14. The molecule has 0 radical (unpaired) electrons. The van der Waals surface area contributed by atoms with Gasteiger partial charge in [-0.25, -0.2) is 10.8 Å². The van der Waals surface area contributed by atoms with Crippen LogP contribution in [0, 0.1) is 6.92 Å². The molecule has 0 fully saturated rings. The van der Waals surface area contributed by atoms with E-state index >= 15 is 0 Å². The second-order valence-corrected chi connectivity index (χ2v) is 5.52. The molecule has 0 saturated carbocycles. The van der Waals surface area contributed by atoms with Crippen LogP contribution in [-0.2, 0) is 5.72 Å². The lowest BCUT2D eigenvalue weighted by molar-refractivity contribution is -0.0412. The molecule has 1 aromatic heterocycles. The summed E-state index contributed by atoms with van der Waals surface area (Å²) < 4.78 is 0. The number of fused-ring (bicyclic) bond motifs is 1. The Kier molecular flexibility index (Phi) is 2.70. The Labute approximate surface area is 115 Å². The van der Waals surface area contributed by atoms with E-state index < -0.39 is 5.72 Å². The molecule has 0 unspecified atom stereocenters. The van der Waals surface area contributed by atoms with E-state index in [-0.39, 0.29) is 0 Å². The van der Waals surface area contributed by atoms with Gasteiger partial charge in [0.2, 0.25) is 5.72 Å². The van der Waals surface area contributed by atoms with E-state index in [1.807, 2.05) is 42.6 Å². The standard InChI is InChI=1S/C14H15N3OS/c1-9-8-19-13-12(9)14(18,17(15)10(2)16-13)11-6-4-3-5-7-11/h3-8,18H,15H2,1-2H3/t14-/m1/s1. The number of aliphatic hydroxyl groups is 1. The summed E-state index contributed by atoms with van der Waals surface area (Å²) >= 11 is 1.53. The van der Waals surface area contributed by atoms with Gasteiger partial charge < -0.3 is 5.11 Å². The molecule has 19 heavy (non-hydrogen) atoms. The van der Waals surface area contributed by atoms with E-state index in [0.29, 0.717) is 5.84 Å². The van der Waals surface area contributed by atoms with Gasteiger partial charge in [-0.2, -0.15) is 0 Å². The molecule has 0 bridgehead atoms. The van der Waals surface area contributed by atoms with Crippen molar-refractivity contribution < 1.29 is 5.11 Å². The molecule has 2 heterocycles. The van der Waals surface area contributed by atoms with E-state index in [0.717, 1.165) is 21.7 Å². The second kappa shape index (κ2) is 4.16. The minimum absolute atomic E-state index is 0.598. The van der Waals surface area contributed by atoms with Crippen molar-refractivity contribution in [3.8, 4) is 0 Å². The summed E-state index contributed by atoms with van der Waals surface area (Å²) in [5, 5.41) is 15.4. The van der Waals surface area contributed by atoms with Gasteiger partial charge in [-0.1, -0.05) is 30.3 Å². The third-order valence-electron chi connectivity index (χ3n) is 3.44. The predicted molar refractivity (Wildman–Crippen MR) is 77.3 cm³/mol. The van der Waals surface area contributed by atoms with Gasteiger partial charge in [0.1, 0.15) is 10.8 Å². The number of nitrogens with two attached hydrogens (primary N) is 1. The minimum atomic E-state index is -1.35. The molecule has 0 saturated heterocycles. The summed E-state index contributed by atoms with van der Waals surface area (Å²) in [6.45, 7) is 3.76. The molecular formula is C14H15N3OS. The fourth-order valence-corrected chi connectivity index (χ4v) is 3.46. The summed E-state index contributed by atoms with van der Waals surface area (Å²) in [5.41, 5.74) is 1.16. The van der Waals surface area contributed by atoms with Crippen LogP contribution in [0.3, 0.4) is 0 Å². The van der Waals surface area contributed by atoms with Gasteiger partial charge in [-0.05, 0) is 24.8 Å². The molecule has 1 aliphatic heterocycles. The maximum absolute atomic E-state index is 11.2. The molecule has 2 aromatic rings. The Morgan fingerprint density at radius 3 is 2.63 bits per heavy atom. The van der Waals surface area contributed by atoms with Crippen LogP contribution in [-0.4, -0.2) is 16.0 Å². The van der Waals surface area contributed by atoms with Gasteiger partial charge in [-0.15, -0.1) is 11.3 Å². The molecule has 5 heteroatoms. The molecule has 4 nitrogen and oxygen atoms in total. The highest BCUT2D eigenvalue weighted by Crippen LogP contribution is 2.45. The molecule has 1 aliphatic rings. The third kappa shape index (κ3) is 1.63. The average Bonchev–Trinajstić information content (AvgIpc) is 2.79. The van der Waals surface area contributed by atoms with Crippen LogP contribution in [0.5, 0.6) is 0 Å². The SMILES string of the molecule is CC1=Nc2scc(C)c2[C@](O)(c2ccccc2)N1N. The first kappa shape index (κ1) is 12.3. The highest BCUT2D eigenvalue weighted by Gasteiger charge is 2.44. The number of hydrogen-bond acceptors (Lipinski definition) is 5. The fourth-order valence-electron chi connectivity index (χ4n) is 2.45. The van der Waals surface area contributed by atoms with E-state index in [4.69, 9.17) is 5.84 Å². The van der Waals surface area contributed by atoms with Crippen molar-refractivity contribution in [2.75, 3.05) is 0 Å². The number of hydrazine groups is 1. The van der Waals surface area contributed by atoms with Crippen molar-refractivity contribution in [3.05, 3.63) is 52.4 Å². The highest BCUT2D eigenvalue weighted by atomic mass is 32.1. The lowest BCUT2D eigenvalue weighted by Crippen LogP contribution is -2.55. The number of aliphatic imine (C=N–C) groups is 1. The summed E-state index contributed by atoms with van der Waals surface area (Å²) in [7, 11) is 0. The maximum Gasteiger partial charge on any atom is 0.208 e. The summed E-state index contributed by atoms with van der Waals surface area (Å²) in [4.78, 5) is 4.44. The average molecular weight is 273 g/mol. The molecule has 98 valence electrons. The Balaban J connectivity index is 2.30. The van der Waals surface area contributed by atoms with Crippen LogP contribution in [0.25, 0.3) is 0 Å². The van der Waals surface area contributed by atoms with E-state index in [1.165, 1.54) is 16.3 Å². The summed E-state index contributed by atoms with van der Waals surface area (Å²) in [6.07, 6.45) is 0. The number of hydrogen-bond donors (Lipinski definition) is 2. The van der Waals surface area contributed by atoms with Crippen LogP contribution < -0.4 is 5.84 Å². The van der Waals surface area contributed by atoms with Crippen molar-refractivity contribution in [2.45, 2.75) is 19.6 Å². The Morgan fingerprint density at radius 1 is 1.26 bits per heavy atom. The van der Waals surface area contributed by atoms with Crippen molar-refractivity contribution in [3.63, 3.8) is 0 Å². The van der Waals surface area contributed by atoms with Crippen LogP contribution in [0.4, 0.5) is 5.00 Å². The summed E-state index contributed by atoms with van der Waals surface area (Å²) in [5.74, 6) is 6.69. The first-order valence-corrected chi connectivity index (χ1v) is 6.90. The number of thiophene rings is 1. The van der Waals surface area contributed by atoms with Crippen LogP contribution in [0.2, 0.25) is 0 Å². The van der Waals surface area contributed by atoms with Crippen molar-refractivity contribution in [2.24, 2.45) is 10.8 Å². The van der Waals surface area contributed by atoms with Crippen LogP contribution >= 0.6 is 11.3 Å². The molecule has 1 aromatic carbocycles. The third-order valence-corrected chi connectivity index (χ3v) is 4.43. The van der Waals surface area contributed by atoms with Crippen molar-refractivity contribution >= 4 is 22.2 Å². The van der Waals surface area contributed by atoms with Crippen LogP contribution in [0.15, 0.2) is 40.7 Å². The lowest BCUT2D eigenvalue weighted by Gasteiger charge is -2.40. The Bertz CT molecular complexity index is 650. The second-order valence-electron chi connectivity index (χ2n) is 4.67. The molecule has 0 amide bonds. The van der Waals surface area contributed by atoms with E-state index in [2.05, 4.69) is 4.99 Å². The lowest BCUT2D eigenvalue weighted by atomic mass is 9.91. The Hall–Kier alpha value is -1.69. The monoisotopic (exact) mass is 273 g/mol. The first-order chi connectivity index (χ1) is 9.05. The van der Waals surface area contributed by atoms with Crippen molar-refractivity contribution in [1.82, 2.24) is 5.01 Å². The largest absolute Gasteiger partial charge is 0.362 e. The number of rotatable bonds is 1. The van der Waals surface area contributed by atoms with Crippen molar-refractivity contribution in [1.29, 1.82) is 0 Å². The molecule has 0 aliphatic carbocycles. The number of aryl methyl sites for hydroxylation is 1. The molecule has 0 spiro atoms. The zero-order valence-corrected chi connectivity index (χ0v) is 11.6. The fraction of sp³-hybridized carbons (Fsp3) is 0.214. The maximum atomic E-state index is 11.2. The topological polar surface area (TPSA) is 61.9 Å². The number of nitrogens with zero attached hydrogens (tertiary/aromatic N) is 2. The van der Waals surface area contributed by atoms with Gasteiger partial charge in [0, 0.05) is 5.56 Å². The predicted octanol–water partition coefficient (Wildman–Crippen LogP) is 2.49. The van der Waals surface area contributed by atoms with Gasteiger partial charge in [0.05, 0.1) is 5.56 Å².